The van der Waals surface area contributed by atoms with Crippen LogP contribution in [0.15, 0.2) is 29.6 Å². The number of hydrogen-bond donors (Lipinski definition) is 1. The first-order chi connectivity index (χ1) is 6.33. The highest BCUT2D eigenvalue weighted by Gasteiger charge is 1.90. The minimum atomic E-state index is -0.0923. The normalized spacial score (nSPS) is 10.2. The standard InChI is InChI=1S/C9H11N3O/c1-2-9(13)12-11-7-8-3-5-10-6-4-8/h3-7H,2H2,1H3,(H,12,13). The zero-order valence-electron chi connectivity index (χ0n) is 7.40. The van der Waals surface area contributed by atoms with Gasteiger partial charge in [-0.2, -0.15) is 5.10 Å². The largest absolute Gasteiger partial charge is 0.273 e. The number of amides is 1. The Labute approximate surface area is 76.7 Å². The van der Waals surface area contributed by atoms with Crippen molar-refractivity contribution in [2.24, 2.45) is 5.10 Å². The van der Waals surface area contributed by atoms with Crippen LogP contribution >= 0.6 is 0 Å². The summed E-state index contributed by atoms with van der Waals surface area (Å²) in [6.45, 7) is 1.78. The minimum absolute atomic E-state index is 0.0923. The molecule has 13 heavy (non-hydrogen) atoms. The predicted octanol–water partition coefficient (Wildman–Crippen LogP) is 0.942. The number of carbonyl (C=O) groups is 1. The number of aromatic nitrogens is 1. The quantitative estimate of drug-likeness (QED) is 0.552. The van der Waals surface area contributed by atoms with Crippen molar-refractivity contribution < 1.29 is 4.79 Å². The summed E-state index contributed by atoms with van der Waals surface area (Å²) < 4.78 is 0. The van der Waals surface area contributed by atoms with E-state index in [9.17, 15) is 4.79 Å². The number of carbonyl (C=O) groups excluding carboxylic acids is 1. The van der Waals surface area contributed by atoms with E-state index >= 15 is 0 Å². The van der Waals surface area contributed by atoms with Gasteiger partial charge in [0.2, 0.25) is 5.91 Å². The van der Waals surface area contributed by atoms with Crippen molar-refractivity contribution in [3.63, 3.8) is 0 Å². The van der Waals surface area contributed by atoms with Crippen LogP contribution in [0.2, 0.25) is 0 Å². The Morgan fingerprint density at radius 3 is 2.92 bits per heavy atom. The highest BCUT2D eigenvalue weighted by atomic mass is 16.2. The second-order valence-corrected chi connectivity index (χ2v) is 2.43. The van der Waals surface area contributed by atoms with E-state index in [0.717, 1.165) is 5.56 Å². The molecule has 0 saturated heterocycles. The van der Waals surface area contributed by atoms with E-state index in [1.807, 2.05) is 12.1 Å². The molecule has 1 amide bonds. The predicted molar refractivity (Wildman–Crippen MR) is 50.3 cm³/mol. The summed E-state index contributed by atoms with van der Waals surface area (Å²) in [5, 5.41) is 3.76. The first kappa shape index (κ1) is 9.38. The molecule has 68 valence electrons. The fraction of sp³-hybridized carbons (Fsp3) is 0.222. The molecule has 0 aliphatic rings. The van der Waals surface area contributed by atoms with Gasteiger partial charge in [0, 0.05) is 18.8 Å². The van der Waals surface area contributed by atoms with Crippen LogP contribution in [0.3, 0.4) is 0 Å². The van der Waals surface area contributed by atoms with Gasteiger partial charge in [-0.25, -0.2) is 5.43 Å². The first-order valence-electron chi connectivity index (χ1n) is 4.05. The van der Waals surface area contributed by atoms with Gasteiger partial charge in [0.05, 0.1) is 6.21 Å². The Morgan fingerprint density at radius 1 is 1.62 bits per heavy atom. The van der Waals surface area contributed by atoms with Crippen LogP contribution in [0.1, 0.15) is 18.9 Å². The van der Waals surface area contributed by atoms with Gasteiger partial charge in [-0.05, 0) is 17.7 Å². The molecular formula is C9H11N3O. The third-order valence-electron chi connectivity index (χ3n) is 1.43. The maximum atomic E-state index is 10.8. The van der Waals surface area contributed by atoms with Gasteiger partial charge in [-0.15, -0.1) is 0 Å². The smallest absolute Gasteiger partial charge is 0.239 e. The molecule has 1 aromatic rings. The third-order valence-corrected chi connectivity index (χ3v) is 1.43. The molecule has 0 bridgehead atoms. The summed E-state index contributed by atoms with van der Waals surface area (Å²) in [5.74, 6) is -0.0923. The average Bonchev–Trinajstić information content (AvgIpc) is 2.19. The fourth-order valence-corrected chi connectivity index (χ4v) is 0.707. The molecule has 0 radical (unpaired) electrons. The molecule has 0 atom stereocenters. The van der Waals surface area contributed by atoms with Crippen LogP contribution in [-0.4, -0.2) is 17.1 Å². The molecule has 0 aliphatic heterocycles. The third kappa shape index (κ3) is 3.46. The van der Waals surface area contributed by atoms with Crippen molar-refractivity contribution in [3.05, 3.63) is 30.1 Å². The van der Waals surface area contributed by atoms with Crippen molar-refractivity contribution >= 4 is 12.1 Å². The van der Waals surface area contributed by atoms with Gasteiger partial charge in [0.15, 0.2) is 0 Å². The van der Waals surface area contributed by atoms with Gasteiger partial charge < -0.3 is 0 Å². The number of nitrogens with one attached hydrogen (secondary N) is 1. The summed E-state index contributed by atoms with van der Waals surface area (Å²) >= 11 is 0. The van der Waals surface area contributed by atoms with Crippen molar-refractivity contribution in [3.8, 4) is 0 Å². The molecule has 0 unspecified atom stereocenters. The molecule has 0 fully saturated rings. The molecule has 0 saturated carbocycles. The molecule has 4 heteroatoms. The van der Waals surface area contributed by atoms with E-state index in [4.69, 9.17) is 0 Å². The molecule has 0 spiro atoms. The SMILES string of the molecule is CCC(=O)NN=Cc1ccncc1. The van der Waals surface area contributed by atoms with E-state index < -0.39 is 0 Å². The number of nitrogens with zero attached hydrogens (tertiary/aromatic N) is 2. The Hall–Kier alpha value is -1.71. The number of pyridine rings is 1. The van der Waals surface area contributed by atoms with Crippen LogP contribution in [0.25, 0.3) is 0 Å². The van der Waals surface area contributed by atoms with E-state index in [-0.39, 0.29) is 5.91 Å². The lowest BCUT2D eigenvalue weighted by atomic mass is 10.3. The highest BCUT2D eigenvalue weighted by Crippen LogP contribution is 1.90. The zero-order valence-corrected chi connectivity index (χ0v) is 7.40. The molecule has 1 heterocycles. The van der Waals surface area contributed by atoms with Gasteiger partial charge in [-0.3, -0.25) is 9.78 Å². The van der Waals surface area contributed by atoms with E-state index in [2.05, 4.69) is 15.5 Å². The molecule has 1 rings (SSSR count). The lowest BCUT2D eigenvalue weighted by Gasteiger charge is -1.93. The Bertz CT molecular complexity index is 295. The second-order valence-electron chi connectivity index (χ2n) is 2.43. The molecule has 0 aliphatic carbocycles. The van der Waals surface area contributed by atoms with Crippen molar-refractivity contribution in [2.75, 3.05) is 0 Å². The van der Waals surface area contributed by atoms with Gasteiger partial charge in [-0.1, -0.05) is 6.92 Å². The number of rotatable bonds is 3. The van der Waals surface area contributed by atoms with Gasteiger partial charge in [0.25, 0.3) is 0 Å². The number of hydrogen-bond acceptors (Lipinski definition) is 3. The summed E-state index contributed by atoms with van der Waals surface area (Å²) in [6, 6.07) is 3.61. The lowest BCUT2D eigenvalue weighted by molar-refractivity contribution is -0.120. The van der Waals surface area contributed by atoms with E-state index in [0.29, 0.717) is 6.42 Å². The maximum absolute atomic E-state index is 10.8. The lowest BCUT2D eigenvalue weighted by Crippen LogP contribution is -2.15. The van der Waals surface area contributed by atoms with Crippen molar-refractivity contribution in [1.29, 1.82) is 0 Å². The second kappa shape index (κ2) is 5.03. The highest BCUT2D eigenvalue weighted by molar-refractivity contribution is 5.81. The Balaban J connectivity index is 2.45. The van der Waals surface area contributed by atoms with E-state index in [1.54, 1.807) is 25.5 Å². The van der Waals surface area contributed by atoms with Crippen molar-refractivity contribution in [1.82, 2.24) is 10.4 Å². The first-order valence-corrected chi connectivity index (χ1v) is 4.05. The van der Waals surface area contributed by atoms with Crippen LogP contribution in [-0.2, 0) is 4.79 Å². The van der Waals surface area contributed by atoms with Crippen LogP contribution in [0, 0.1) is 0 Å². The topological polar surface area (TPSA) is 54.4 Å². The summed E-state index contributed by atoms with van der Waals surface area (Å²) in [7, 11) is 0. The molecular weight excluding hydrogens is 166 g/mol. The zero-order chi connectivity index (χ0) is 9.52. The minimum Gasteiger partial charge on any atom is -0.273 e. The maximum Gasteiger partial charge on any atom is 0.239 e. The summed E-state index contributed by atoms with van der Waals surface area (Å²) in [5.41, 5.74) is 3.30. The van der Waals surface area contributed by atoms with Gasteiger partial charge >= 0.3 is 0 Å². The molecule has 4 nitrogen and oxygen atoms in total. The Morgan fingerprint density at radius 2 is 2.31 bits per heavy atom. The van der Waals surface area contributed by atoms with E-state index in [1.165, 1.54) is 0 Å². The molecule has 1 N–H and O–H groups in total. The molecule has 1 aromatic heterocycles. The monoisotopic (exact) mass is 177 g/mol. The van der Waals surface area contributed by atoms with Crippen LogP contribution in [0.4, 0.5) is 0 Å². The number of hydrazone groups is 1. The van der Waals surface area contributed by atoms with Crippen LogP contribution in [0.5, 0.6) is 0 Å². The van der Waals surface area contributed by atoms with Crippen LogP contribution < -0.4 is 5.43 Å². The Kier molecular flexibility index (Phi) is 3.63. The average molecular weight is 177 g/mol. The summed E-state index contributed by atoms with van der Waals surface area (Å²) in [4.78, 5) is 14.6. The van der Waals surface area contributed by atoms with Crippen molar-refractivity contribution in [2.45, 2.75) is 13.3 Å². The summed E-state index contributed by atoms with van der Waals surface area (Å²) in [6.07, 6.45) is 5.36. The van der Waals surface area contributed by atoms with Gasteiger partial charge in [0.1, 0.15) is 0 Å². The molecule has 0 aromatic carbocycles. The fourth-order valence-electron chi connectivity index (χ4n) is 0.707.